The van der Waals surface area contributed by atoms with Gasteiger partial charge in [-0.25, -0.2) is 0 Å². The summed E-state index contributed by atoms with van der Waals surface area (Å²) in [5.74, 6) is 0.595. The van der Waals surface area contributed by atoms with Gasteiger partial charge in [0.2, 0.25) is 5.82 Å². The van der Waals surface area contributed by atoms with Gasteiger partial charge in [0, 0.05) is 23.1 Å². The van der Waals surface area contributed by atoms with Gasteiger partial charge in [-0.05, 0) is 44.5 Å². The number of piperidine rings is 1. The molecule has 0 saturated carbocycles. The Kier molecular flexibility index (Phi) is 4.11. The predicted molar refractivity (Wildman–Crippen MR) is 118 cm³/mol. The second kappa shape index (κ2) is 6.36. The van der Waals surface area contributed by atoms with Crippen LogP contribution in [-0.4, -0.2) is 39.3 Å². The first-order chi connectivity index (χ1) is 13.9. The van der Waals surface area contributed by atoms with Crippen LogP contribution in [0, 0.1) is 6.92 Å². The summed E-state index contributed by atoms with van der Waals surface area (Å²) in [4.78, 5) is 4.95. The summed E-state index contributed by atoms with van der Waals surface area (Å²) in [6.07, 6.45) is 3.23. The molecule has 3 aromatic rings. The van der Waals surface area contributed by atoms with Gasteiger partial charge in [-0.3, -0.25) is 0 Å². The van der Waals surface area contributed by atoms with Crippen LogP contribution < -0.4 is 9.21 Å². The first kappa shape index (κ1) is 18.7. The highest BCUT2D eigenvalue weighted by molar-refractivity contribution is 7.90. The van der Waals surface area contributed by atoms with Crippen molar-refractivity contribution in [1.29, 1.82) is 0 Å². The lowest BCUT2D eigenvalue weighted by atomic mass is 9.75. The SMILES string of the molecule is Cc1cccc2ccc([N+]3(S(C)(=O)=O)CC4(CCNCC4)c4ccccc43)nc12. The van der Waals surface area contributed by atoms with Crippen LogP contribution in [0.25, 0.3) is 10.9 Å². The Hall–Kier alpha value is -2.28. The molecule has 1 N–H and O–H groups in total. The molecule has 1 unspecified atom stereocenters. The average Bonchev–Trinajstić information content (AvgIpc) is 3.00. The van der Waals surface area contributed by atoms with E-state index in [-0.39, 0.29) is 9.30 Å². The van der Waals surface area contributed by atoms with E-state index in [1.54, 1.807) is 0 Å². The maximum absolute atomic E-state index is 13.5. The maximum atomic E-state index is 13.5. The number of sulfonamides is 1. The van der Waals surface area contributed by atoms with E-state index in [1.165, 1.54) is 11.8 Å². The number of hydrogen-bond donors (Lipinski definition) is 1. The van der Waals surface area contributed by atoms with Gasteiger partial charge in [0.05, 0.1) is 17.2 Å². The summed E-state index contributed by atoms with van der Waals surface area (Å²) in [5, 5.41) is 4.46. The molecular weight excluding hydrogens is 382 g/mol. The lowest BCUT2D eigenvalue weighted by molar-refractivity contribution is 0.295. The van der Waals surface area contributed by atoms with Gasteiger partial charge in [-0.1, -0.05) is 36.4 Å². The maximum Gasteiger partial charge on any atom is 0.305 e. The van der Waals surface area contributed by atoms with Gasteiger partial charge in [-0.15, -0.1) is 3.89 Å². The quantitative estimate of drug-likeness (QED) is 0.656. The fourth-order valence-corrected chi connectivity index (χ4v) is 6.76. The van der Waals surface area contributed by atoms with Crippen LogP contribution >= 0.6 is 0 Å². The molecule has 6 heteroatoms. The minimum atomic E-state index is -3.53. The number of pyridine rings is 1. The molecule has 2 aromatic carbocycles. The molecule has 0 bridgehead atoms. The van der Waals surface area contributed by atoms with Crippen molar-refractivity contribution in [3.05, 3.63) is 65.7 Å². The zero-order chi connectivity index (χ0) is 20.3. The number of quaternary nitrogens is 1. The second-order valence-electron chi connectivity index (χ2n) is 8.49. The molecule has 1 saturated heterocycles. The van der Waals surface area contributed by atoms with Crippen LogP contribution in [0.15, 0.2) is 54.6 Å². The molecule has 29 heavy (non-hydrogen) atoms. The second-order valence-corrected chi connectivity index (χ2v) is 10.6. The molecule has 1 atom stereocenters. The molecule has 3 heterocycles. The van der Waals surface area contributed by atoms with Crippen molar-refractivity contribution >= 4 is 32.4 Å². The smallest absolute Gasteiger partial charge is 0.305 e. The van der Waals surface area contributed by atoms with E-state index < -0.39 is 10.0 Å². The monoisotopic (exact) mass is 408 g/mol. The highest BCUT2D eigenvalue weighted by Crippen LogP contribution is 2.54. The standard InChI is InChI=1S/C23H26N3O2S/c1-17-6-5-7-18-10-11-21(25-22(17)18)26(29(2,27)28)16-23(12-14-24-15-13-23)19-8-3-4-9-20(19)26/h3-11,24H,12-16H2,1-2H3/q+1. The lowest BCUT2D eigenvalue weighted by Crippen LogP contribution is -2.53. The van der Waals surface area contributed by atoms with E-state index in [1.807, 2.05) is 55.5 Å². The van der Waals surface area contributed by atoms with Gasteiger partial charge in [0.1, 0.15) is 6.54 Å². The van der Waals surface area contributed by atoms with Crippen LogP contribution in [0.5, 0.6) is 0 Å². The Bertz CT molecular complexity index is 1220. The Morgan fingerprint density at radius 2 is 1.76 bits per heavy atom. The van der Waals surface area contributed by atoms with Crippen molar-refractivity contribution in [3.8, 4) is 0 Å². The van der Waals surface area contributed by atoms with Crippen LogP contribution in [-0.2, 0) is 15.4 Å². The van der Waals surface area contributed by atoms with E-state index in [4.69, 9.17) is 4.98 Å². The van der Waals surface area contributed by atoms with Crippen LogP contribution in [0.2, 0.25) is 0 Å². The largest absolute Gasteiger partial charge is 0.317 e. The number of para-hydroxylation sites is 2. The van der Waals surface area contributed by atoms with Crippen molar-refractivity contribution in [3.63, 3.8) is 0 Å². The normalized spacial score (nSPS) is 23.4. The molecule has 5 rings (SSSR count). The van der Waals surface area contributed by atoms with Crippen molar-refractivity contribution in [2.24, 2.45) is 0 Å². The third-order valence-electron chi connectivity index (χ3n) is 6.79. The van der Waals surface area contributed by atoms with Crippen molar-refractivity contribution in [1.82, 2.24) is 14.2 Å². The Balaban J connectivity index is 1.83. The summed E-state index contributed by atoms with van der Waals surface area (Å²) < 4.78 is 26.8. The van der Waals surface area contributed by atoms with E-state index in [0.717, 1.165) is 48.1 Å². The molecule has 2 aliphatic rings. The van der Waals surface area contributed by atoms with Gasteiger partial charge in [0.15, 0.2) is 5.69 Å². The van der Waals surface area contributed by atoms with E-state index in [9.17, 15) is 8.42 Å². The van der Waals surface area contributed by atoms with Crippen LogP contribution in [0.1, 0.15) is 24.0 Å². The molecular formula is C23H26N3O2S+. The summed E-state index contributed by atoms with van der Waals surface area (Å²) in [5.41, 5.74) is 3.80. The molecule has 150 valence electrons. The van der Waals surface area contributed by atoms with Gasteiger partial charge < -0.3 is 5.32 Å². The highest BCUT2D eigenvalue weighted by atomic mass is 32.2. The number of nitrogens with one attached hydrogen (secondary N) is 1. The summed E-state index contributed by atoms with van der Waals surface area (Å²) >= 11 is 0. The number of nitrogens with zero attached hydrogens (tertiary/aromatic N) is 2. The lowest BCUT2D eigenvalue weighted by Gasteiger charge is -2.36. The van der Waals surface area contributed by atoms with Crippen LogP contribution in [0.3, 0.4) is 0 Å². The molecule has 0 aliphatic carbocycles. The molecule has 1 aromatic heterocycles. The fraction of sp³-hybridized carbons (Fsp3) is 0.348. The Labute approximate surface area is 172 Å². The van der Waals surface area contributed by atoms with Gasteiger partial charge in [-0.2, -0.15) is 13.4 Å². The Morgan fingerprint density at radius 3 is 2.52 bits per heavy atom. The predicted octanol–water partition coefficient (Wildman–Crippen LogP) is 3.78. The Morgan fingerprint density at radius 1 is 1.00 bits per heavy atom. The molecule has 0 radical (unpaired) electrons. The van der Waals surface area contributed by atoms with Crippen molar-refractivity contribution in [2.45, 2.75) is 25.2 Å². The van der Waals surface area contributed by atoms with Gasteiger partial charge >= 0.3 is 10.0 Å². The molecule has 2 aliphatic heterocycles. The topological polar surface area (TPSA) is 59.1 Å². The number of aryl methyl sites for hydroxylation is 1. The number of aromatic nitrogens is 1. The summed E-state index contributed by atoms with van der Waals surface area (Å²) in [6.45, 7) is 4.35. The van der Waals surface area contributed by atoms with E-state index >= 15 is 0 Å². The van der Waals surface area contributed by atoms with E-state index in [2.05, 4.69) is 11.4 Å². The average molecular weight is 409 g/mol. The highest BCUT2D eigenvalue weighted by Gasteiger charge is 2.60. The molecule has 5 nitrogen and oxygen atoms in total. The number of hydrogen-bond acceptors (Lipinski definition) is 4. The van der Waals surface area contributed by atoms with E-state index in [0.29, 0.717) is 12.4 Å². The molecule has 1 spiro atoms. The number of benzene rings is 2. The van der Waals surface area contributed by atoms with Gasteiger partial charge in [0.25, 0.3) is 0 Å². The van der Waals surface area contributed by atoms with Crippen molar-refractivity contribution in [2.75, 3.05) is 25.9 Å². The zero-order valence-corrected chi connectivity index (χ0v) is 17.7. The minimum Gasteiger partial charge on any atom is -0.317 e. The zero-order valence-electron chi connectivity index (χ0n) is 16.9. The number of rotatable bonds is 2. The third kappa shape index (κ3) is 2.59. The fourth-order valence-electron chi connectivity index (χ4n) is 5.32. The molecule has 1 fully saturated rings. The summed E-state index contributed by atoms with van der Waals surface area (Å²) in [6, 6.07) is 18.0. The summed E-state index contributed by atoms with van der Waals surface area (Å²) in [7, 11) is -3.53. The molecule has 0 amide bonds. The minimum absolute atomic E-state index is 0.146. The number of fused-ring (bicyclic) bond motifs is 3. The van der Waals surface area contributed by atoms with Crippen LogP contribution in [0.4, 0.5) is 11.5 Å². The van der Waals surface area contributed by atoms with Crippen molar-refractivity contribution < 1.29 is 8.42 Å². The first-order valence-electron chi connectivity index (χ1n) is 10.1. The first-order valence-corrected chi connectivity index (χ1v) is 12.0. The third-order valence-corrected chi connectivity index (χ3v) is 8.44.